The van der Waals surface area contributed by atoms with Gasteiger partial charge in [-0.1, -0.05) is 18.2 Å². The van der Waals surface area contributed by atoms with Crippen LogP contribution in [-0.4, -0.2) is 11.1 Å². The Hall–Kier alpha value is -2.23. The van der Waals surface area contributed by atoms with Crippen LogP contribution in [0.5, 0.6) is 0 Å². The number of hydrogen-bond acceptors (Lipinski definition) is 3. The van der Waals surface area contributed by atoms with E-state index in [-0.39, 0.29) is 0 Å². The Morgan fingerprint density at radius 3 is 2.20 bits per heavy atom. The molecule has 0 unspecified atom stereocenters. The second-order valence-electron chi connectivity index (χ2n) is 2.59. The van der Waals surface area contributed by atoms with Gasteiger partial charge in [-0.2, -0.15) is 0 Å². The normalized spacial score (nSPS) is 11.7. The molecule has 0 amide bonds. The fraction of sp³-hybridized carbons (Fsp3) is 0. The first kappa shape index (κ1) is 10.8. The van der Waals surface area contributed by atoms with Crippen LogP contribution in [0.3, 0.4) is 0 Å². The lowest BCUT2D eigenvalue weighted by Crippen LogP contribution is -2.01. The molecule has 0 saturated heterocycles. The molecule has 1 aromatic rings. The fourth-order valence-electron chi connectivity index (χ4n) is 0.839. The van der Waals surface area contributed by atoms with Crippen molar-refractivity contribution < 1.29 is 14.7 Å². The zero-order chi connectivity index (χ0) is 10.9. The van der Waals surface area contributed by atoms with Gasteiger partial charge >= 0.3 is 5.97 Å². The van der Waals surface area contributed by atoms with Gasteiger partial charge < -0.3 is 9.94 Å². The molecule has 1 aromatic carbocycles. The Kier molecular flexibility index (Phi) is 4.53. The van der Waals surface area contributed by atoms with E-state index in [9.17, 15) is 4.79 Å². The number of hydroxylamine groups is 1. The van der Waals surface area contributed by atoms with E-state index in [1.165, 1.54) is 0 Å². The van der Waals surface area contributed by atoms with Gasteiger partial charge in [0.15, 0.2) is 0 Å². The van der Waals surface area contributed by atoms with Crippen LogP contribution in [0, 0.1) is 0 Å². The molecule has 0 aromatic heterocycles. The van der Waals surface area contributed by atoms with Gasteiger partial charge in [-0.25, -0.2) is 10.3 Å². The van der Waals surface area contributed by atoms with Crippen molar-refractivity contribution >= 4 is 5.97 Å². The summed E-state index contributed by atoms with van der Waals surface area (Å²) >= 11 is 0. The van der Waals surface area contributed by atoms with Gasteiger partial charge in [-0.15, -0.1) is 0 Å². The number of carboxylic acids is 1. The summed E-state index contributed by atoms with van der Waals surface area (Å²) in [7, 11) is 0. The summed E-state index contributed by atoms with van der Waals surface area (Å²) in [6.07, 6.45) is 6.93. The smallest absolute Gasteiger partial charge is 0.335 e. The summed E-state index contributed by atoms with van der Waals surface area (Å²) in [4.78, 5) is 14.8. The van der Waals surface area contributed by atoms with Crippen LogP contribution in [0.25, 0.3) is 0 Å². The molecule has 1 heterocycles. The molecule has 1 aliphatic heterocycles. The van der Waals surface area contributed by atoms with E-state index in [1.807, 2.05) is 6.08 Å². The van der Waals surface area contributed by atoms with Gasteiger partial charge in [-0.3, -0.25) is 0 Å². The molecule has 0 saturated carbocycles. The van der Waals surface area contributed by atoms with Crippen molar-refractivity contribution in [3.63, 3.8) is 0 Å². The summed E-state index contributed by atoms with van der Waals surface area (Å²) in [6, 6.07) is 8.30. The second-order valence-corrected chi connectivity index (χ2v) is 2.59. The molecule has 0 radical (unpaired) electrons. The largest absolute Gasteiger partial charge is 0.478 e. The molecule has 4 nitrogen and oxygen atoms in total. The number of rotatable bonds is 1. The summed E-state index contributed by atoms with van der Waals surface area (Å²) in [6.45, 7) is 0. The highest BCUT2D eigenvalue weighted by molar-refractivity contribution is 5.87. The third kappa shape index (κ3) is 4.52. The first-order valence-corrected chi connectivity index (χ1v) is 4.32. The van der Waals surface area contributed by atoms with Crippen LogP contribution in [0.1, 0.15) is 10.4 Å². The number of allylic oxidation sites excluding steroid dienone is 2. The van der Waals surface area contributed by atoms with Crippen LogP contribution in [0.2, 0.25) is 0 Å². The maximum Gasteiger partial charge on any atom is 0.335 e. The van der Waals surface area contributed by atoms with Crippen molar-refractivity contribution in [3.05, 3.63) is 60.5 Å². The highest BCUT2D eigenvalue weighted by Crippen LogP contribution is 1.96. The first-order chi connectivity index (χ1) is 7.30. The quantitative estimate of drug-likeness (QED) is 0.735. The molecule has 4 heteroatoms. The minimum atomic E-state index is -0.879. The molecule has 2 rings (SSSR count). The third-order valence-electron chi connectivity index (χ3n) is 1.51. The van der Waals surface area contributed by atoms with Crippen molar-refractivity contribution in [2.75, 3.05) is 0 Å². The predicted molar refractivity (Wildman–Crippen MR) is 55.9 cm³/mol. The predicted octanol–water partition coefficient (Wildman–Crippen LogP) is 1.93. The summed E-state index contributed by atoms with van der Waals surface area (Å²) < 4.78 is 0. The number of nitrogens with one attached hydrogen (secondary N) is 1. The highest BCUT2D eigenvalue weighted by Gasteiger charge is 1.96. The maximum absolute atomic E-state index is 10.2. The van der Waals surface area contributed by atoms with Gasteiger partial charge in [-0.05, 0) is 24.3 Å². The average Bonchev–Trinajstić information content (AvgIpc) is 2.33. The lowest BCUT2D eigenvalue weighted by atomic mass is 10.2. The zero-order valence-electron chi connectivity index (χ0n) is 7.96. The van der Waals surface area contributed by atoms with E-state index >= 15 is 0 Å². The van der Waals surface area contributed by atoms with E-state index in [0.29, 0.717) is 5.56 Å². The standard InChI is InChI=1S/C7H6O2.C4H5NO/c8-7(9)6-4-2-1-3-5-6;1-2-4-6-5-3-1/h1-5H,(H,8,9);1-5H. The molecular formula is C11H11NO3. The van der Waals surface area contributed by atoms with Gasteiger partial charge in [0.1, 0.15) is 6.26 Å². The highest BCUT2D eigenvalue weighted by atomic mass is 16.6. The summed E-state index contributed by atoms with van der Waals surface area (Å²) in [5.74, 6) is -0.879. The number of carboxylic acid groups (broad SMARTS) is 1. The summed E-state index contributed by atoms with van der Waals surface area (Å²) in [5, 5.41) is 8.38. The van der Waals surface area contributed by atoms with Crippen molar-refractivity contribution in [1.29, 1.82) is 0 Å². The molecule has 78 valence electrons. The Bertz CT molecular complexity index is 345. The molecular weight excluding hydrogens is 194 g/mol. The Balaban J connectivity index is 0.000000162. The monoisotopic (exact) mass is 205 g/mol. The minimum absolute atomic E-state index is 0.331. The van der Waals surface area contributed by atoms with Crippen molar-refractivity contribution in [2.24, 2.45) is 0 Å². The Morgan fingerprint density at radius 2 is 1.93 bits per heavy atom. The van der Waals surface area contributed by atoms with E-state index in [0.717, 1.165) is 0 Å². The molecule has 0 fully saturated rings. The van der Waals surface area contributed by atoms with Crippen molar-refractivity contribution in [3.8, 4) is 0 Å². The summed E-state index contributed by atoms with van der Waals surface area (Å²) in [5.41, 5.74) is 2.85. The lowest BCUT2D eigenvalue weighted by Gasteiger charge is -1.97. The van der Waals surface area contributed by atoms with Crippen LogP contribution < -0.4 is 5.48 Å². The number of carbonyl (C=O) groups is 1. The zero-order valence-corrected chi connectivity index (χ0v) is 7.96. The third-order valence-corrected chi connectivity index (χ3v) is 1.51. The molecule has 2 N–H and O–H groups in total. The van der Waals surface area contributed by atoms with Gasteiger partial charge in [0.25, 0.3) is 0 Å². The molecule has 1 aliphatic rings. The second kappa shape index (κ2) is 6.26. The van der Waals surface area contributed by atoms with E-state index in [1.54, 1.807) is 48.9 Å². The molecule has 0 atom stereocenters. The van der Waals surface area contributed by atoms with Gasteiger partial charge in [0, 0.05) is 6.20 Å². The van der Waals surface area contributed by atoms with Gasteiger partial charge in [0.05, 0.1) is 5.56 Å². The van der Waals surface area contributed by atoms with Crippen LogP contribution >= 0.6 is 0 Å². The number of aromatic carboxylic acids is 1. The van der Waals surface area contributed by atoms with Crippen LogP contribution in [0.4, 0.5) is 0 Å². The average molecular weight is 205 g/mol. The fourth-order valence-corrected chi connectivity index (χ4v) is 0.839. The van der Waals surface area contributed by atoms with Crippen LogP contribution in [-0.2, 0) is 4.84 Å². The molecule has 0 bridgehead atoms. The number of hydrogen-bond donors (Lipinski definition) is 2. The van der Waals surface area contributed by atoms with Crippen LogP contribution in [0.15, 0.2) is 54.9 Å². The lowest BCUT2D eigenvalue weighted by molar-refractivity contribution is 0.0697. The molecule has 0 spiro atoms. The first-order valence-electron chi connectivity index (χ1n) is 4.32. The Morgan fingerprint density at radius 1 is 1.20 bits per heavy atom. The maximum atomic E-state index is 10.2. The van der Waals surface area contributed by atoms with E-state index in [4.69, 9.17) is 5.11 Å². The SMILES string of the molecule is C1=CNOC=C1.O=C(O)c1ccccc1. The molecule has 15 heavy (non-hydrogen) atoms. The van der Waals surface area contributed by atoms with Crippen molar-refractivity contribution in [1.82, 2.24) is 5.48 Å². The number of benzene rings is 1. The Labute approximate surface area is 87.5 Å². The minimum Gasteiger partial charge on any atom is -0.478 e. The van der Waals surface area contributed by atoms with E-state index < -0.39 is 5.97 Å². The topological polar surface area (TPSA) is 58.6 Å². The molecule has 0 aliphatic carbocycles. The van der Waals surface area contributed by atoms with Gasteiger partial charge in [0.2, 0.25) is 0 Å². The van der Waals surface area contributed by atoms with Crippen molar-refractivity contribution in [2.45, 2.75) is 0 Å². The van der Waals surface area contributed by atoms with E-state index in [2.05, 4.69) is 10.3 Å².